The number of nitrogens with one attached hydrogen (secondary N) is 1. The summed E-state index contributed by atoms with van der Waals surface area (Å²) in [5.41, 5.74) is 1.40. The number of hydrogen-bond acceptors (Lipinski definition) is 8. The first-order valence-electron chi connectivity index (χ1n) is 11.7. The van der Waals surface area contributed by atoms with Gasteiger partial charge in [0.1, 0.15) is 5.82 Å². The van der Waals surface area contributed by atoms with Crippen LogP contribution in [0.3, 0.4) is 0 Å². The van der Waals surface area contributed by atoms with E-state index in [0.29, 0.717) is 16.7 Å². The van der Waals surface area contributed by atoms with Crippen LogP contribution in [0.2, 0.25) is 0 Å². The van der Waals surface area contributed by atoms with E-state index in [2.05, 4.69) is 20.3 Å². The number of hydrogen-bond donors (Lipinski definition) is 1. The van der Waals surface area contributed by atoms with Gasteiger partial charge in [-0.3, -0.25) is 4.79 Å². The lowest BCUT2D eigenvalue weighted by Crippen LogP contribution is -2.50. The van der Waals surface area contributed by atoms with Gasteiger partial charge in [0, 0.05) is 43.9 Å². The van der Waals surface area contributed by atoms with Gasteiger partial charge in [0.15, 0.2) is 12.4 Å². The second kappa shape index (κ2) is 11.5. The monoisotopic (exact) mass is 568 g/mol. The molecule has 0 bridgehead atoms. The van der Waals surface area contributed by atoms with E-state index in [1.807, 2.05) is 0 Å². The Morgan fingerprint density at radius 2 is 1.62 bits per heavy atom. The average Bonchev–Trinajstić information content (AvgIpc) is 2.90. The number of nitrogens with zero attached hydrogens (tertiary/aromatic N) is 5. The number of sulfonamides is 1. The Morgan fingerprint density at radius 3 is 2.21 bits per heavy atom. The third-order valence-electron chi connectivity index (χ3n) is 5.73. The lowest BCUT2D eigenvalue weighted by molar-refractivity contribution is -0.154. The van der Waals surface area contributed by atoms with E-state index in [-0.39, 0.29) is 50.4 Å². The number of aromatic nitrogens is 3. The van der Waals surface area contributed by atoms with Crippen molar-refractivity contribution in [3.05, 3.63) is 65.5 Å². The molecule has 1 fully saturated rings. The van der Waals surface area contributed by atoms with Crippen LogP contribution in [0.15, 0.2) is 48.5 Å². The van der Waals surface area contributed by atoms with Crippen LogP contribution in [0, 0.1) is 5.82 Å². The molecule has 0 atom stereocenters. The zero-order valence-electron chi connectivity index (χ0n) is 20.7. The summed E-state index contributed by atoms with van der Waals surface area (Å²) in [4.78, 5) is 26.5. The fraction of sp³-hybridized carbons (Fsp3) is 0.333. The van der Waals surface area contributed by atoms with E-state index < -0.39 is 34.6 Å². The molecule has 0 radical (unpaired) electrons. The second-order valence-electron chi connectivity index (χ2n) is 8.68. The predicted molar refractivity (Wildman–Crippen MR) is 133 cm³/mol. The molecule has 1 aliphatic rings. The van der Waals surface area contributed by atoms with Crippen LogP contribution in [-0.2, 0) is 16.6 Å². The number of carbonyl (C=O) groups is 1. The van der Waals surface area contributed by atoms with Gasteiger partial charge in [-0.2, -0.15) is 32.4 Å². The molecule has 4 rings (SSSR count). The number of anilines is 1. The maximum atomic E-state index is 13.2. The highest BCUT2D eigenvalue weighted by atomic mass is 32.2. The highest BCUT2D eigenvalue weighted by Crippen LogP contribution is 2.23. The van der Waals surface area contributed by atoms with Crippen molar-refractivity contribution >= 4 is 21.9 Å². The van der Waals surface area contributed by atoms with Gasteiger partial charge < -0.3 is 15.0 Å². The molecule has 10 nitrogen and oxygen atoms in total. The first-order valence-corrected chi connectivity index (χ1v) is 13.5. The molecule has 15 heteroatoms. The van der Waals surface area contributed by atoms with Gasteiger partial charge >= 0.3 is 12.2 Å². The number of ether oxygens (including phenoxy) is 1. The summed E-state index contributed by atoms with van der Waals surface area (Å²) in [7, 11) is -3.33. The number of benzene rings is 2. The number of halogens is 4. The van der Waals surface area contributed by atoms with Crippen molar-refractivity contribution < 1.29 is 35.5 Å². The second-order valence-corrected chi connectivity index (χ2v) is 10.7. The van der Waals surface area contributed by atoms with Crippen LogP contribution in [0.25, 0.3) is 11.4 Å². The van der Waals surface area contributed by atoms with E-state index in [4.69, 9.17) is 4.74 Å². The van der Waals surface area contributed by atoms with Crippen molar-refractivity contribution in [3.63, 3.8) is 0 Å². The van der Waals surface area contributed by atoms with E-state index in [1.165, 1.54) is 52.8 Å². The Morgan fingerprint density at radius 1 is 0.974 bits per heavy atom. The molecular formula is C24H24F4N6O4S. The van der Waals surface area contributed by atoms with E-state index in [1.54, 1.807) is 4.90 Å². The van der Waals surface area contributed by atoms with Crippen molar-refractivity contribution in [3.8, 4) is 17.4 Å². The number of amides is 1. The van der Waals surface area contributed by atoms with Crippen molar-refractivity contribution in [2.45, 2.75) is 12.7 Å². The first-order chi connectivity index (χ1) is 18.4. The number of piperazine rings is 1. The van der Waals surface area contributed by atoms with Gasteiger partial charge in [-0.15, -0.1) is 0 Å². The summed E-state index contributed by atoms with van der Waals surface area (Å²) in [6.07, 6.45) is -3.49. The molecule has 39 heavy (non-hydrogen) atoms. The SMILES string of the molecule is CS(=O)(=O)N1CCN(C(=O)c2ccc(-c3nc(NCc4ccc(F)cc4)nc(OCC(F)(F)F)n3)cc2)CC1. The Kier molecular flexibility index (Phi) is 8.30. The summed E-state index contributed by atoms with van der Waals surface area (Å²) in [5, 5.41) is 2.86. The molecule has 2 aromatic carbocycles. The largest absolute Gasteiger partial charge is 0.454 e. The Balaban J connectivity index is 1.51. The zero-order valence-corrected chi connectivity index (χ0v) is 21.5. The summed E-state index contributed by atoms with van der Waals surface area (Å²) < 4.78 is 80.7. The van der Waals surface area contributed by atoms with Gasteiger partial charge in [0.05, 0.1) is 6.26 Å². The van der Waals surface area contributed by atoms with Crippen LogP contribution in [0.1, 0.15) is 15.9 Å². The first kappa shape index (κ1) is 28.2. The third-order valence-corrected chi connectivity index (χ3v) is 7.03. The van der Waals surface area contributed by atoms with Gasteiger partial charge in [0.25, 0.3) is 5.91 Å². The minimum atomic E-state index is -4.61. The Bertz CT molecular complexity index is 1410. The molecule has 1 aliphatic heterocycles. The molecule has 0 aliphatic carbocycles. The van der Waals surface area contributed by atoms with Gasteiger partial charge in [-0.05, 0) is 29.8 Å². The zero-order chi connectivity index (χ0) is 28.2. The van der Waals surface area contributed by atoms with Gasteiger partial charge in [-0.1, -0.05) is 24.3 Å². The van der Waals surface area contributed by atoms with E-state index >= 15 is 0 Å². The molecule has 1 saturated heterocycles. The van der Waals surface area contributed by atoms with Crippen LogP contribution in [0.4, 0.5) is 23.5 Å². The topological polar surface area (TPSA) is 118 Å². The quantitative estimate of drug-likeness (QED) is 0.413. The number of carbonyl (C=O) groups excluding carboxylic acids is 1. The molecule has 0 spiro atoms. The van der Waals surface area contributed by atoms with Crippen molar-refractivity contribution in [2.75, 3.05) is 44.4 Å². The third kappa shape index (κ3) is 7.83. The maximum absolute atomic E-state index is 13.2. The fourth-order valence-corrected chi connectivity index (χ4v) is 4.55. The van der Waals surface area contributed by atoms with Gasteiger partial charge in [-0.25, -0.2) is 12.8 Å². The minimum absolute atomic E-state index is 0.00421. The molecule has 3 aromatic rings. The van der Waals surface area contributed by atoms with Crippen LogP contribution in [-0.4, -0.2) is 83.7 Å². The molecule has 2 heterocycles. The van der Waals surface area contributed by atoms with Crippen LogP contribution >= 0.6 is 0 Å². The van der Waals surface area contributed by atoms with E-state index in [9.17, 15) is 30.8 Å². The highest BCUT2D eigenvalue weighted by Gasteiger charge is 2.29. The van der Waals surface area contributed by atoms with Crippen LogP contribution < -0.4 is 10.1 Å². The molecule has 0 saturated carbocycles. The predicted octanol–water partition coefficient (Wildman–Crippen LogP) is 2.95. The minimum Gasteiger partial charge on any atom is -0.454 e. The van der Waals surface area contributed by atoms with Crippen molar-refractivity contribution in [1.82, 2.24) is 24.2 Å². The fourth-order valence-electron chi connectivity index (χ4n) is 3.73. The average molecular weight is 569 g/mol. The number of alkyl halides is 3. The maximum Gasteiger partial charge on any atom is 0.422 e. The summed E-state index contributed by atoms with van der Waals surface area (Å²) in [6.45, 7) is -0.575. The van der Waals surface area contributed by atoms with Crippen molar-refractivity contribution in [1.29, 1.82) is 0 Å². The summed E-state index contributed by atoms with van der Waals surface area (Å²) in [6, 6.07) is 11.1. The Labute approximate surface area is 221 Å². The molecule has 208 valence electrons. The lowest BCUT2D eigenvalue weighted by Gasteiger charge is -2.33. The lowest BCUT2D eigenvalue weighted by atomic mass is 10.1. The Hall–Kier alpha value is -3.85. The summed E-state index contributed by atoms with van der Waals surface area (Å²) in [5.74, 6) is -0.765. The van der Waals surface area contributed by atoms with Crippen LogP contribution in [0.5, 0.6) is 6.01 Å². The standard InChI is InChI=1S/C24H24F4N6O4S/c1-39(36,37)34-12-10-33(11-13-34)21(35)18-6-4-17(5-7-18)20-30-22(29-14-16-2-8-19(25)9-3-16)32-23(31-20)38-15-24(26,27)28/h2-9H,10-15H2,1H3,(H,29,30,31,32). The van der Waals surface area contributed by atoms with E-state index in [0.717, 1.165) is 6.26 Å². The molecule has 0 unspecified atom stereocenters. The molecule has 1 amide bonds. The smallest absolute Gasteiger partial charge is 0.422 e. The molecule has 1 N–H and O–H groups in total. The van der Waals surface area contributed by atoms with Gasteiger partial charge in [0.2, 0.25) is 16.0 Å². The normalized spacial score (nSPS) is 14.7. The highest BCUT2D eigenvalue weighted by molar-refractivity contribution is 7.88. The molecular weight excluding hydrogens is 544 g/mol. The number of rotatable bonds is 8. The summed E-state index contributed by atoms with van der Waals surface area (Å²) >= 11 is 0. The van der Waals surface area contributed by atoms with Crippen molar-refractivity contribution in [2.24, 2.45) is 0 Å². The molecule has 1 aromatic heterocycles.